The lowest BCUT2D eigenvalue weighted by Crippen LogP contribution is -2.22. The lowest BCUT2D eigenvalue weighted by molar-refractivity contribution is -0.113. The molecular formula is C24H20F2N4O3S. The van der Waals surface area contributed by atoms with Crippen molar-refractivity contribution in [3.63, 3.8) is 0 Å². The number of rotatable bonds is 8. The molecule has 174 valence electrons. The summed E-state index contributed by atoms with van der Waals surface area (Å²) >= 11 is 1.14. The van der Waals surface area contributed by atoms with Crippen LogP contribution in [0.1, 0.15) is 21.9 Å². The van der Waals surface area contributed by atoms with Gasteiger partial charge in [0.15, 0.2) is 5.16 Å². The summed E-state index contributed by atoms with van der Waals surface area (Å²) in [6, 6.07) is 13.4. The summed E-state index contributed by atoms with van der Waals surface area (Å²) in [6.45, 7) is 2.13. The molecule has 7 nitrogen and oxygen atoms in total. The van der Waals surface area contributed by atoms with Crippen molar-refractivity contribution in [1.29, 1.82) is 0 Å². The van der Waals surface area contributed by atoms with Crippen LogP contribution in [0.4, 0.5) is 14.5 Å². The van der Waals surface area contributed by atoms with Crippen LogP contribution < -0.4 is 10.6 Å². The molecule has 0 spiro atoms. The van der Waals surface area contributed by atoms with Crippen molar-refractivity contribution < 1.29 is 22.8 Å². The van der Waals surface area contributed by atoms with E-state index < -0.39 is 17.5 Å². The molecule has 2 heterocycles. The number of benzene rings is 2. The number of carbonyl (C=O) groups excluding carboxylic acids is 2. The summed E-state index contributed by atoms with van der Waals surface area (Å²) in [6.07, 6.45) is 3.30. The predicted octanol–water partition coefficient (Wildman–Crippen LogP) is 4.71. The first kappa shape index (κ1) is 23.2. The summed E-state index contributed by atoms with van der Waals surface area (Å²) in [7, 11) is 0. The Morgan fingerprint density at radius 2 is 1.88 bits per heavy atom. The largest absolute Gasteiger partial charge is 0.465 e. The van der Waals surface area contributed by atoms with E-state index in [0.29, 0.717) is 16.5 Å². The standard InChI is InChI=1S/C24H20F2N4O3S/c1-15-2-8-19(33-15)13-28-23(32)16-3-6-18(7-4-16)30-11-10-27-24(30)34-14-22(31)29-21-12-17(25)5-9-20(21)26/h2-12H,13-14H2,1H3,(H,28,32)(H,29,31). The third-order valence-electron chi connectivity index (χ3n) is 4.77. The highest BCUT2D eigenvalue weighted by atomic mass is 32.2. The molecular weight excluding hydrogens is 462 g/mol. The van der Waals surface area contributed by atoms with Gasteiger partial charge in [-0.15, -0.1) is 0 Å². The number of aromatic nitrogens is 2. The Kier molecular flexibility index (Phi) is 7.07. The molecule has 0 aliphatic heterocycles. The molecule has 0 atom stereocenters. The van der Waals surface area contributed by atoms with Gasteiger partial charge in [0.2, 0.25) is 5.91 Å². The molecule has 0 aliphatic carbocycles. The molecule has 0 saturated carbocycles. The fourth-order valence-electron chi connectivity index (χ4n) is 3.13. The van der Waals surface area contributed by atoms with Crippen LogP contribution in [0, 0.1) is 18.6 Å². The maximum atomic E-state index is 13.7. The first-order valence-electron chi connectivity index (χ1n) is 10.2. The number of imidazole rings is 1. The Morgan fingerprint density at radius 1 is 1.09 bits per heavy atom. The van der Waals surface area contributed by atoms with E-state index in [2.05, 4.69) is 15.6 Å². The first-order valence-corrected chi connectivity index (χ1v) is 11.2. The van der Waals surface area contributed by atoms with Gasteiger partial charge in [0.05, 0.1) is 18.0 Å². The predicted molar refractivity (Wildman–Crippen MR) is 124 cm³/mol. The zero-order chi connectivity index (χ0) is 24.1. The van der Waals surface area contributed by atoms with Gasteiger partial charge < -0.3 is 15.1 Å². The summed E-state index contributed by atoms with van der Waals surface area (Å²) in [5, 5.41) is 5.69. The van der Waals surface area contributed by atoms with Gasteiger partial charge in [-0.25, -0.2) is 13.8 Å². The number of carbonyl (C=O) groups is 2. The molecule has 2 N–H and O–H groups in total. The Hall–Kier alpha value is -3.92. The lowest BCUT2D eigenvalue weighted by Gasteiger charge is -2.09. The van der Waals surface area contributed by atoms with Crippen LogP contribution in [0.5, 0.6) is 0 Å². The number of nitrogens with one attached hydrogen (secondary N) is 2. The highest BCUT2D eigenvalue weighted by Gasteiger charge is 2.13. The van der Waals surface area contributed by atoms with E-state index in [9.17, 15) is 18.4 Å². The van der Waals surface area contributed by atoms with Crippen molar-refractivity contribution in [1.82, 2.24) is 14.9 Å². The molecule has 2 amide bonds. The van der Waals surface area contributed by atoms with Gasteiger partial charge >= 0.3 is 0 Å². The molecule has 0 radical (unpaired) electrons. The van der Waals surface area contributed by atoms with Gasteiger partial charge in [0.1, 0.15) is 23.2 Å². The van der Waals surface area contributed by atoms with Gasteiger partial charge in [-0.2, -0.15) is 0 Å². The van der Waals surface area contributed by atoms with Crippen LogP contribution in [-0.2, 0) is 11.3 Å². The number of hydrogen-bond acceptors (Lipinski definition) is 5. The van der Waals surface area contributed by atoms with Gasteiger partial charge in [0.25, 0.3) is 5.91 Å². The van der Waals surface area contributed by atoms with E-state index in [1.807, 2.05) is 19.1 Å². The zero-order valence-corrected chi connectivity index (χ0v) is 18.9. The van der Waals surface area contributed by atoms with E-state index in [1.165, 1.54) is 0 Å². The van der Waals surface area contributed by atoms with Crippen molar-refractivity contribution >= 4 is 29.3 Å². The van der Waals surface area contributed by atoms with Crippen LogP contribution >= 0.6 is 11.8 Å². The third-order valence-corrected chi connectivity index (χ3v) is 5.74. The summed E-state index contributed by atoms with van der Waals surface area (Å²) in [5.41, 5.74) is 1.01. The molecule has 0 fully saturated rings. The van der Waals surface area contributed by atoms with Crippen LogP contribution in [0.2, 0.25) is 0 Å². The highest BCUT2D eigenvalue weighted by Crippen LogP contribution is 2.22. The molecule has 0 saturated heterocycles. The highest BCUT2D eigenvalue weighted by molar-refractivity contribution is 7.99. The Labute approximate surface area is 198 Å². The molecule has 10 heteroatoms. The fourth-order valence-corrected chi connectivity index (χ4v) is 3.90. The quantitative estimate of drug-likeness (QED) is 0.355. The zero-order valence-electron chi connectivity index (χ0n) is 18.0. The number of amides is 2. The Balaban J connectivity index is 1.35. The number of aryl methyl sites for hydroxylation is 1. The number of thioether (sulfide) groups is 1. The number of furan rings is 1. The average molecular weight is 483 g/mol. The molecule has 4 aromatic rings. The van der Waals surface area contributed by atoms with Gasteiger partial charge in [0, 0.05) is 29.7 Å². The smallest absolute Gasteiger partial charge is 0.251 e. The van der Waals surface area contributed by atoms with E-state index in [4.69, 9.17) is 4.42 Å². The van der Waals surface area contributed by atoms with Gasteiger partial charge in [-0.3, -0.25) is 14.2 Å². The molecule has 34 heavy (non-hydrogen) atoms. The minimum atomic E-state index is -0.718. The summed E-state index contributed by atoms with van der Waals surface area (Å²) < 4.78 is 34.2. The van der Waals surface area contributed by atoms with Crippen LogP contribution in [0.3, 0.4) is 0 Å². The fraction of sp³-hybridized carbons (Fsp3) is 0.125. The minimum Gasteiger partial charge on any atom is -0.465 e. The minimum absolute atomic E-state index is 0.0558. The third kappa shape index (κ3) is 5.70. The molecule has 0 aliphatic rings. The maximum absolute atomic E-state index is 13.7. The molecule has 2 aromatic heterocycles. The van der Waals surface area contributed by atoms with Crippen molar-refractivity contribution in [2.45, 2.75) is 18.6 Å². The SMILES string of the molecule is Cc1ccc(CNC(=O)c2ccc(-n3ccnc3SCC(=O)Nc3cc(F)ccc3F)cc2)o1. The number of hydrogen-bond donors (Lipinski definition) is 2. The summed E-state index contributed by atoms with van der Waals surface area (Å²) in [4.78, 5) is 28.8. The summed E-state index contributed by atoms with van der Waals surface area (Å²) in [5.74, 6) is -0.699. The van der Waals surface area contributed by atoms with E-state index in [1.54, 1.807) is 41.2 Å². The first-order chi connectivity index (χ1) is 16.4. The average Bonchev–Trinajstić information content (AvgIpc) is 3.47. The molecule has 4 rings (SSSR count). The monoisotopic (exact) mass is 482 g/mol. The molecule has 0 bridgehead atoms. The second-order valence-corrected chi connectivity index (χ2v) is 8.23. The van der Waals surface area contributed by atoms with Crippen molar-refractivity contribution in [3.8, 4) is 5.69 Å². The van der Waals surface area contributed by atoms with Crippen LogP contribution in [0.15, 0.2) is 76.6 Å². The van der Waals surface area contributed by atoms with E-state index >= 15 is 0 Å². The van der Waals surface area contributed by atoms with Crippen molar-refractivity contribution in [2.75, 3.05) is 11.1 Å². The Morgan fingerprint density at radius 3 is 2.62 bits per heavy atom. The van der Waals surface area contributed by atoms with Crippen LogP contribution in [0.25, 0.3) is 5.69 Å². The second-order valence-electron chi connectivity index (χ2n) is 7.28. The lowest BCUT2D eigenvalue weighted by atomic mass is 10.2. The second kappa shape index (κ2) is 10.3. The molecule has 2 aromatic carbocycles. The normalized spacial score (nSPS) is 10.8. The number of nitrogens with zero attached hydrogens (tertiary/aromatic N) is 2. The van der Waals surface area contributed by atoms with Crippen LogP contribution in [-0.4, -0.2) is 27.1 Å². The van der Waals surface area contributed by atoms with Crippen molar-refractivity contribution in [3.05, 3.63) is 95.7 Å². The van der Waals surface area contributed by atoms with E-state index in [0.717, 1.165) is 41.4 Å². The van der Waals surface area contributed by atoms with Crippen molar-refractivity contribution in [2.24, 2.45) is 0 Å². The van der Waals surface area contributed by atoms with E-state index in [-0.39, 0.29) is 23.9 Å². The Bertz CT molecular complexity index is 1320. The number of anilines is 1. The number of halogens is 2. The topological polar surface area (TPSA) is 89.2 Å². The van der Waals surface area contributed by atoms with Gasteiger partial charge in [-0.1, -0.05) is 11.8 Å². The van der Waals surface area contributed by atoms with Gasteiger partial charge in [-0.05, 0) is 55.5 Å². The molecule has 0 unspecified atom stereocenters. The maximum Gasteiger partial charge on any atom is 0.251 e.